The Labute approximate surface area is 313 Å². The smallest absolute Gasteiger partial charge is 0.312 e. The molecule has 0 radical (unpaired) electrons. The molecule has 7 N–H and O–H groups in total. The van der Waals surface area contributed by atoms with Crippen LogP contribution in [0.4, 0.5) is 5.69 Å². The van der Waals surface area contributed by atoms with E-state index in [0.717, 1.165) is 6.21 Å². The van der Waals surface area contributed by atoms with Crippen LogP contribution >= 0.6 is 0 Å². The van der Waals surface area contributed by atoms with Crippen molar-refractivity contribution in [3.63, 3.8) is 0 Å². The highest BCUT2D eigenvalue weighted by atomic mass is 16.7. The fourth-order valence-corrected chi connectivity index (χ4v) is 7.00. The number of fused-ring (bicyclic) bond motifs is 14. The number of nitrogens with one attached hydrogen (secondary N) is 2. The Bertz CT molecular complexity index is 1920. The number of hydrazone groups is 1. The summed E-state index contributed by atoms with van der Waals surface area (Å²) in [6, 6.07) is 0. The zero-order valence-corrected chi connectivity index (χ0v) is 32.1. The maximum atomic E-state index is 14.2. The molecular formula is C39H51N3O12. The lowest BCUT2D eigenvalue weighted by atomic mass is 9.78. The van der Waals surface area contributed by atoms with Gasteiger partial charge in [0.25, 0.3) is 11.7 Å². The number of amides is 1. The fraction of sp³-hybridized carbons (Fsp3) is 0.487. The van der Waals surface area contributed by atoms with Crippen LogP contribution in [0.15, 0.2) is 41.2 Å². The number of aliphatic hydroxyl groups excluding tert-OH is 2. The topological polar surface area (TPSA) is 226 Å². The number of nitrogens with zero attached hydrogens (tertiary/aromatic N) is 1. The minimum atomic E-state index is -2.04. The van der Waals surface area contributed by atoms with Crippen molar-refractivity contribution in [2.24, 2.45) is 28.8 Å². The van der Waals surface area contributed by atoms with Crippen molar-refractivity contribution in [2.45, 2.75) is 85.6 Å². The second-order valence-electron chi connectivity index (χ2n) is 14.1. The van der Waals surface area contributed by atoms with Gasteiger partial charge in [0.2, 0.25) is 0 Å². The molecule has 5 rings (SSSR count). The number of hydrogen-bond donors (Lipinski definition) is 7. The number of allylic oxidation sites excluding steroid dienone is 2. The molecule has 3 aliphatic heterocycles. The van der Waals surface area contributed by atoms with Gasteiger partial charge in [-0.05, 0) is 19.9 Å². The molecule has 1 amide bonds. The summed E-state index contributed by atoms with van der Waals surface area (Å²) in [5, 5.41) is 63.4. The van der Waals surface area contributed by atoms with Gasteiger partial charge in [-0.1, -0.05) is 45.9 Å². The lowest BCUT2D eigenvalue weighted by molar-refractivity contribution is -0.160. The summed E-state index contributed by atoms with van der Waals surface area (Å²) in [6.45, 7) is 12.4. The largest absolute Gasteiger partial charge is 0.507 e. The summed E-state index contributed by atoms with van der Waals surface area (Å²) in [4.78, 5) is 39.9. The van der Waals surface area contributed by atoms with E-state index in [9.17, 15) is 39.9 Å². The molecule has 0 aromatic heterocycles. The number of ether oxygens (including phenoxy) is 4. The second kappa shape index (κ2) is 16.5. The van der Waals surface area contributed by atoms with E-state index in [-0.39, 0.29) is 44.5 Å². The predicted octanol–water partition coefficient (Wildman–Crippen LogP) is 4.31. The average Bonchev–Trinajstić information content (AvgIpc) is 3.39. The third-order valence-electron chi connectivity index (χ3n) is 10.4. The molecule has 0 unspecified atom stereocenters. The molecule has 9 atom stereocenters. The maximum absolute atomic E-state index is 14.2. The highest BCUT2D eigenvalue weighted by Gasteiger charge is 2.50. The second-order valence-corrected chi connectivity index (χ2v) is 14.1. The monoisotopic (exact) mass is 753 g/mol. The van der Waals surface area contributed by atoms with Crippen LogP contribution in [0.2, 0.25) is 0 Å². The first-order chi connectivity index (χ1) is 25.3. The fourth-order valence-electron chi connectivity index (χ4n) is 7.00. The first kappa shape index (κ1) is 41.6. The number of benzene rings is 2. The summed E-state index contributed by atoms with van der Waals surface area (Å²) < 4.78 is 23.4. The number of Topliss-reactive ketones (excluding diaryl/α,β-unsaturated/α-hetero) is 1. The first-order valence-electron chi connectivity index (χ1n) is 17.6. The van der Waals surface area contributed by atoms with Crippen LogP contribution in [0, 0.1) is 30.6 Å². The molecule has 294 valence electrons. The number of rotatable bonds is 4. The molecule has 0 saturated heterocycles. The number of anilines is 1. The lowest BCUT2D eigenvalue weighted by Gasteiger charge is -2.38. The summed E-state index contributed by atoms with van der Waals surface area (Å²) in [7, 11) is 2.91. The molecule has 2 aromatic rings. The molecule has 0 saturated carbocycles. The molecular weight excluding hydrogens is 702 g/mol. The molecule has 15 nitrogen and oxygen atoms in total. The van der Waals surface area contributed by atoms with Gasteiger partial charge in [0.1, 0.15) is 23.4 Å². The van der Waals surface area contributed by atoms with E-state index in [0.29, 0.717) is 0 Å². The molecule has 0 aliphatic carbocycles. The number of esters is 1. The normalized spacial score (nSPS) is 31.7. The van der Waals surface area contributed by atoms with E-state index >= 15 is 0 Å². The van der Waals surface area contributed by atoms with Gasteiger partial charge < -0.3 is 55.2 Å². The van der Waals surface area contributed by atoms with Gasteiger partial charge in [0.15, 0.2) is 5.75 Å². The van der Waals surface area contributed by atoms with E-state index in [1.54, 1.807) is 39.8 Å². The Morgan fingerprint density at radius 3 is 2.26 bits per heavy atom. The van der Waals surface area contributed by atoms with Crippen molar-refractivity contribution >= 4 is 40.3 Å². The van der Waals surface area contributed by atoms with E-state index in [1.165, 1.54) is 60.3 Å². The summed E-state index contributed by atoms with van der Waals surface area (Å²) in [6.07, 6.45) is 4.62. The third-order valence-corrected chi connectivity index (χ3v) is 10.4. The predicted molar refractivity (Wildman–Crippen MR) is 200 cm³/mol. The van der Waals surface area contributed by atoms with Crippen LogP contribution in [0.25, 0.3) is 10.8 Å². The van der Waals surface area contributed by atoms with E-state index in [2.05, 4.69) is 15.8 Å². The van der Waals surface area contributed by atoms with Gasteiger partial charge in [0, 0.05) is 68.2 Å². The number of aromatic hydroxyl groups is 3. The SMILES string of the molecule is CN/N=C/c1c2c(O)c3c(O)c(C)c4c(c3c1O)C(=O)[C@@](C)(O/C=C/[C@H](OC)[C@@H](C)[C@@H](OC(C)=O)[C@H](C)[C@@H](O)[C@H](C)[C@H](O)[C@H](C)/C=C/C=C(/C)C(=O)N2)O4. The van der Waals surface area contributed by atoms with Crippen molar-refractivity contribution in [3.05, 3.63) is 52.8 Å². The van der Waals surface area contributed by atoms with Gasteiger partial charge in [-0.25, -0.2) is 0 Å². The molecule has 54 heavy (non-hydrogen) atoms. The molecule has 3 heterocycles. The maximum Gasteiger partial charge on any atom is 0.312 e. The van der Waals surface area contributed by atoms with Crippen LogP contribution in [0.3, 0.4) is 0 Å². The number of methoxy groups -OCH3 is 1. The van der Waals surface area contributed by atoms with Gasteiger partial charge >= 0.3 is 11.8 Å². The Morgan fingerprint density at radius 1 is 0.981 bits per heavy atom. The molecule has 5 bridgehead atoms. The van der Waals surface area contributed by atoms with Gasteiger partial charge in [0.05, 0.1) is 53.0 Å². The number of carbonyl (C=O) groups is 3. The van der Waals surface area contributed by atoms with E-state index in [1.807, 2.05) is 0 Å². The first-order valence-corrected chi connectivity index (χ1v) is 17.6. The Balaban J connectivity index is 1.96. The van der Waals surface area contributed by atoms with Crippen LogP contribution in [0.1, 0.15) is 70.0 Å². The number of hydrogen-bond acceptors (Lipinski definition) is 14. The molecule has 2 aromatic carbocycles. The molecule has 3 aliphatic rings. The van der Waals surface area contributed by atoms with Crippen molar-refractivity contribution < 1.29 is 58.9 Å². The van der Waals surface area contributed by atoms with Crippen molar-refractivity contribution in [1.29, 1.82) is 0 Å². The van der Waals surface area contributed by atoms with Crippen molar-refractivity contribution in [3.8, 4) is 23.0 Å². The van der Waals surface area contributed by atoms with Gasteiger partial charge in [-0.15, -0.1) is 0 Å². The van der Waals surface area contributed by atoms with E-state index in [4.69, 9.17) is 18.9 Å². The summed E-state index contributed by atoms with van der Waals surface area (Å²) in [5.74, 6) is -8.46. The highest BCUT2D eigenvalue weighted by Crippen LogP contribution is 2.55. The standard InChI is InChI=1S/C39H51N3O12/c1-17-12-11-13-18(2)38(50)42-29-24(16-41-40-9)33(47)26-27(34(29)48)32(46)22(6)36-28(26)37(49)39(8,54-36)52-15-14-25(51-10)19(3)35(53-23(7)43)21(5)31(45)20(4)30(17)44/h11-17,19-21,25,30-31,35,40,44-48H,1-10H3,(H,42,50)/b12-11+,15-14+,18-13-,41-16+/t17-,19-,20-,21-,25+,30-,31+,35-,39+/m1/s1. The Hall–Kier alpha value is -5.12. The number of aliphatic hydroxyl groups is 2. The Morgan fingerprint density at radius 2 is 1.65 bits per heavy atom. The number of ketones is 1. The van der Waals surface area contributed by atoms with Crippen molar-refractivity contribution in [1.82, 2.24) is 5.43 Å². The molecule has 0 spiro atoms. The highest BCUT2D eigenvalue weighted by molar-refractivity contribution is 6.23. The zero-order valence-electron chi connectivity index (χ0n) is 32.1. The number of phenols is 3. The average molecular weight is 754 g/mol. The third kappa shape index (κ3) is 7.74. The molecule has 15 heteroatoms. The van der Waals surface area contributed by atoms with Gasteiger partial charge in [-0.3, -0.25) is 14.4 Å². The Kier molecular flexibility index (Phi) is 12.7. The summed E-state index contributed by atoms with van der Waals surface area (Å²) in [5.41, 5.74) is 2.05. The van der Waals surface area contributed by atoms with Crippen LogP contribution in [-0.2, 0) is 23.8 Å². The summed E-state index contributed by atoms with van der Waals surface area (Å²) >= 11 is 0. The minimum absolute atomic E-state index is 0.0446. The lowest BCUT2D eigenvalue weighted by Crippen LogP contribution is -2.46. The van der Waals surface area contributed by atoms with Crippen molar-refractivity contribution in [2.75, 3.05) is 19.5 Å². The number of phenolic OH excluding ortho intramolecular Hbond substituents is 3. The van der Waals surface area contributed by atoms with Crippen LogP contribution in [-0.4, -0.2) is 93.8 Å². The van der Waals surface area contributed by atoms with E-state index < -0.39 is 88.8 Å². The quantitative estimate of drug-likeness (QED) is 0.0761. The van der Waals surface area contributed by atoms with Crippen LogP contribution < -0.4 is 15.5 Å². The molecule has 0 fully saturated rings. The zero-order chi connectivity index (χ0) is 40.4. The van der Waals surface area contributed by atoms with Crippen LogP contribution in [0.5, 0.6) is 23.0 Å². The van der Waals surface area contributed by atoms with Gasteiger partial charge in [-0.2, -0.15) is 5.10 Å². The minimum Gasteiger partial charge on any atom is -0.507 e. The number of carbonyl (C=O) groups excluding carboxylic acids is 3.